The Kier molecular flexibility index (Phi) is 37.3. The molecule has 1 aromatic heterocycles. The molecule has 21 heteroatoms. The van der Waals surface area contributed by atoms with Gasteiger partial charge in [-0.1, -0.05) is 204 Å². The fraction of sp³-hybridized carbons (Fsp3) is 0.729. The molecule has 80 heavy (non-hydrogen) atoms. The molecule has 3 rings (SSSR count). The summed E-state index contributed by atoms with van der Waals surface area (Å²) in [6, 6.07) is 1.25. The van der Waals surface area contributed by atoms with Crippen LogP contribution in [0.2, 0.25) is 0 Å². The zero-order valence-corrected chi connectivity index (χ0v) is 50.0. The second kappa shape index (κ2) is 42.3. The number of anilines is 1. The van der Waals surface area contributed by atoms with Gasteiger partial charge in [0, 0.05) is 19.0 Å². The number of phosphoric acid groups is 2. The molecule has 2 fully saturated rings. The number of aliphatic hydroxyl groups is 2. The normalized spacial score (nSPS) is 21.7. The first-order valence-electron chi connectivity index (χ1n) is 29.8. The van der Waals surface area contributed by atoms with Crippen LogP contribution >= 0.6 is 15.6 Å². The third-order valence-corrected chi connectivity index (χ3v) is 16.7. The molecule has 0 spiro atoms. The van der Waals surface area contributed by atoms with E-state index in [9.17, 15) is 43.5 Å². The summed E-state index contributed by atoms with van der Waals surface area (Å²) >= 11 is 0. The number of phosphoric ester groups is 2. The molecule has 0 bridgehead atoms. The fourth-order valence-corrected chi connectivity index (χ4v) is 11.1. The van der Waals surface area contributed by atoms with Crippen molar-refractivity contribution >= 4 is 33.4 Å². The van der Waals surface area contributed by atoms with Gasteiger partial charge in [0.15, 0.2) is 12.3 Å². The van der Waals surface area contributed by atoms with Crippen LogP contribution in [0.3, 0.4) is 0 Å². The molecule has 19 nitrogen and oxygen atoms in total. The van der Waals surface area contributed by atoms with Gasteiger partial charge in [-0.05, 0) is 63.4 Å². The number of allylic oxidation sites excluding steroid dienone is 8. The summed E-state index contributed by atoms with van der Waals surface area (Å²) < 4.78 is 62.6. The average molecular weight is 1170 g/mol. The Morgan fingerprint density at radius 1 is 0.662 bits per heavy atom. The van der Waals surface area contributed by atoms with E-state index in [2.05, 4.69) is 66.5 Å². The lowest BCUT2D eigenvalue weighted by Crippen LogP contribution is -2.36. The van der Waals surface area contributed by atoms with Crippen LogP contribution in [-0.4, -0.2) is 97.9 Å². The molecule has 1 aromatic rings. The quantitative estimate of drug-likeness (QED) is 0.0133. The van der Waals surface area contributed by atoms with Gasteiger partial charge < -0.3 is 44.7 Å². The molecule has 2 saturated heterocycles. The van der Waals surface area contributed by atoms with E-state index in [1.165, 1.54) is 102 Å². The van der Waals surface area contributed by atoms with E-state index in [1.807, 2.05) is 24.3 Å². The number of ether oxygens (including phenoxy) is 4. The highest BCUT2D eigenvalue weighted by atomic mass is 31.3. The van der Waals surface area contributed by atoms with Crippen LogP contribution in [0.1, 0.15) is 213 Å². The zero-order valence-electron chi connectivity index (χ0n) is 48.2. The number of carbonyl (C=O) groups excluding carboxylic acids is 2. The fourth-order valence-electron chi connectivity index (χ4n) is 9.01. The predicted octanol–water partition coefficient (Wildman–Crippen LogP) is 12.7. The lowest BCUT2D eigenvalue weighted by molar-refractivity contribution is -0.161. The molecule has 5 unspecified atom stereocenters. The van der Waals surface area contributed by atoms with Crippen molar-refractivity contribution in [1.29, 1.82) is 0 Å². The van der Waals surface area contributed by atoms with Crippen LogP contribution < -0.4 is 11.4 Å². The molecule has 6 N–H and O–H groups in total. The summed E-state index contributed by atoms with van der Waals surface area (Å²) in [6.45, 7) is 4.38. The van der Waals surface area contributed by atoms with Gasteiger partial charge in [0.2, 0.25) is 0 Å². The zero-order chi connectivity index (χ0) is 58.3. The van der Waals surface area contributed by atoms with Crippen molar-refractivity contribution in [3.63, 3.8) is 0 Å². The summed E-state index contributed by atoms with van der Waals surface area (Å²) in [5, 5.41) is 21.0. The van der Waals surface area contributed by atoms with Gasteiger partial charge in [-0.3, -0.25) is 23.2 Å². The molecule has 456 valence electrons. The smallest absolute Gasteiger partial charge is 0.462 e. The minimum atomic E-state index is -5.45. The van der Waals surface area contributed by atoms with Crippen molar-refractivity contribution in [2.24, 2.45) is 5.92 Å². The molecule has 0 aromatic carbocycles. The number of nitrogen functional groups attached to an aromatic ring is 1. The number of hydrogen-bond acceptors (Lipinski definition) is 16. The van der Waals surface area contributed by atoms with E-state index in [-0.39, 0.29) is 18.7 Å². The van der Waals surface area contributed by atoms with E-state index < -0.39 is 83.7 Å². The minimum absolute atomic E-state index is 0.0789. The summed E-state index contributed by atoms with van der Waals surface area (Å²) in [7, 11) is -10.9. The molecule has 10 atom stereocenters. The molecule has 0 aliphatic carbocycles. The third kappa shape index (κ3) is 33.5. The van der Waals surface area contributed by atoms with E-state index in [1.54, 1.807) is 0 Å². The highest BCUT2D eigenvalue weighted by molar-refractivity contribution is 7.61. The van der Waals surface area contributed by atoms with Crippen molar-refractivity contribution in [1.82, 2.24) is 9.55 Å². The number of aliphatic hydroxyl groups excluding tert-OH is 2. The maximum Gasteiger partial charge on any atom is 0.481 e. The van der Waals surface area contributed by atoms with E-state index in [4.69, 9.17) is 33.7 Å². The summed E-state index contributed by atoms with van der Waals surface area (Å²) in [5.41, 5.74) is 4.60. The Morgan fingerprint density at radius 2 is 1.18 bits per heavy atom. The first kappa shape index (κ1) is 70.7. The Morgan fingerprint density at radius 3 is 1.73 bits per heavy atom. The van der Waals surface area contributed by atoms with Gasteiger partial charge in [-0.25, -0.2) is 13.9 Å². The lowest BCUT2D eigenvalue weighted by Gasteiger charge is -2.21. The maximum atomic E-state index is 12.9. The van der Waals surface area contributed by atoms with Crippen molar-refractivity contribution < 1.29 is 71.0 Å². The molecule has 0 saturated carbocycles. The van der Waals surface area contributed by atoms with Gasteiger partial charge in [-0.15, -0.1) is 0 Å². The van der Waals surface area contributed by atoms with Crippen LogP contribution in [0.4, 0.5) is 5.82 Å². The van der Waals surface area contributed by atoms with Gasteiger partial charge >= 0.3 is 33.3 Å². The Labute approximate surface area is 477 Å². The Bertz CT molecular complexity index is 2170. The predicted molar refractivity (Wildman–Crippen MR) is 311 cm³/mol. The second-order valence-corrected chi connectivity index (χ2v) is 24.1. The third-order valence-electron chi connectivity index (χ3n) is 14.1. The van der Waals surface area contributed by atoms with Crippen LogP contribution in [0.5, 0.6) is 0 Å². The van der Waals surface area contributed by atoms with E-state index in [0.717, 1.165) is 74.5 Å². The lowest BCUT2D eigenvalue weighted by atomic mass is 9.99. The number of esters is 2. The monoisotopic (exact) mass is 1170 g/mol. The number of unbranched alkanes of at least 4 members (excludes halogenated alkanes) is 17. The van der Waals surface area contributed by atoms with Gasteiger partial charge in [0.1, 0.15) is 30.7 Å². The first-order valence-corrected chi connectivity index (χ1v) is 32.8. The van der Waals surface area contributed by atoms with Crippen molar-refractivity contribution in [2.75, 3.05) is 25.6 Å². The number of aromatic nitrogens is 2. The number of hydrogen-bond donors (Lipinski definition) is 5. The maximum absolute atomic E-state index is 12.9. The molecule has 0 amide bonds. The number of rotatable bonds is 48. The summed E-state index contributed by atoms with van der Waals surface area (Å²) in [5.74, 6) is -0.525. The number of nitrogens with zero attached hydrogens (tertiary/aromatic N) is 2. The summed E-state index contributed by atoms with van der Waals surface area (Å²) in [6.07, 6.45) is 44.8. The van der Waals surface area contributed by atoms with Crippen molar-refractivity contribution in [3.8, 4) is 0 Å². The first-order chi connectivity index (χ1) is 38.5. The second-order valence-electron chi connectivity index (χ2n) is 21.1. The molecular weight excluding hydrogens is 1070 g/mol. The Hall–Kier alpha value is -3.58. The van der Waals surface area contributed by atoms with E-state index in [0.29, 0.717) is 31.5 Å². The number of nitrogens with two attached hydrogens (primary N) is 1. The highest BCUT2D eigenvalue weighted by Gasteiger charge is 2.46. The highest BCUT2D eigenvalue weighted by Crippen LogP contribution is 2.60. The standard InChI is InChI=1S/C59H99N3O16P2/c1-4-6-33-39-50-51(76-50)40-35-30-26-22-18-15-16-20-24-28-32-37-42-55(64)75-49(45-72-54(63)41-36-31-27-23-19-14-12-10-8-7-9-11-13-17-21-25-29-34-38-48(3)5-2)46-73-79(68,69)78-80(70,71)74-47-52-56(65)57(66)58(77-52)62-44-43-53(60)61-59(62)67/h6,16,18,20,22,28,30,32-33,35,43-44,48-52,56-58,65-66H,4-5,7-15,17,19,21,23-27,29,31,34,36-42,45-47H2,1-3H3,(H,68,69)(H,70,71)(H2,60,61,67)/b20-16-,22-18-,32-28-,33-6-,35-30-/t48?,49-,50?,51?,52-,56-,57-,58-/m1/s1. The molecule has 2 aliphatic rings. The number of epoxide rings is 1. The Balaban J connectivity index is 1.36. The van der Waals surface area contributed by atoms with Gasteiger partial charge in [-0.2, -0.15) is 9.29 Å². The molecular formula is C59H99N3O16P2. The largest absolute Gasteiger partial charge is 0.481 e. The van der Waals surface area contributed by atoms with Crippen LogP contribution in [0.15, 0.2) is 77.8 Å². The molecule has 0 radical (unpaired) electrons. The topological polar surface area (TPSA) is 278 Å². The van der Waals surface area contributed by atoms with Crippen LogP contribution in [0.25, 0.3) is 0 Å². The van der Waals surface area contributed by atoms with Crippen molar-refractivity contribution in [3.05, 3.63) is 83.5 Å². The van der Waals surface area contributed by atoms with Gasteiger partial charge in [0.25, 0.3) is 0 Å². The van der Waals surface area contributed by atoms with Crippen LogP contribution in [-0.2, 0) is 51.0 Å². The SMILES string of the molecule is CC/C=C\CC1OC1C/C=C\C/C=C\C/C=C\C/C=C\CCC(=O)O[C@H](COC(=O)CCCCCCCCCCCCCCCCCCCCC(C)CC)COP(=O)(O)OP(=O)(O)OC[C@H]1O[C@@H](n2ccc(N)nc2=O)[C@H](O)[C@@H]1O. The summed E-state index contributed by atoms with van der Waals surface area (Å²) in [4.78, 5) is 62.2. The van der Waals surface area contributed by atoms with Crippen LogP contribution in [0, 0.1) is 5.92 Å². The molecule has 3 heterocycles. The van der Waals surface area contributed by atoms with Gasteiger partial charge in [0.05, 0.1) is 25.4 Å². The van der Waals surface area contributed by atoms with Crippen molar-refractivity contribution in [2.45, 2.75) is 250 Å². The van der Waals surface area contributed by atoms with E-state index >= 15 is 0 Å². The molecule has 2 aliphatic heterocycles. The minimum Gasteiger partial charge on any atom is -0.462 e. The average Bonchev–Trinajstić information content (AvgIpc) is 4.19. The number of carbonyl (C=O) groups is 2.